The number of rotatable bonds is 3. The quantitative estimate of drug-likeness (QED) is 0.762. The molecule has 2 heterocycles. The number of hydrogen-bond acceptors (Lipinski definition) is 5. The summed E-state index contributed by atoms with van der Waals surface area (Å²) in [6.45, 7) is 3.06. The molecule has 0 spiro atoms. The highest BCUT2D eigenvalue weighted by molar-refractivity contribution is 5.87. The van der Waals surface area contributed by atoms with Crippen LogP contribution in [0, 0.1) is 24.6 Å². The van der Waals surface area contributed by atoms with Gasteiger partial charge in [0, 0.05) is 30.7 Å². The molecule has 7 nitrogen and oxygen atoms in total. The molecule has 2 saturated carbocycles. The molecule has 2 aromatic rings. The molecule has 3 aliphatic rings. The van der Waals surface area contributed by atoms with Gasteiger partial charge in [0.1, 0.15) is 5.82 Å². The van der Waals surface area contributed by atoms with E-state index in [0.29, 0.717) is 39.8 Å². The van der Waals surface area contributed by atoms with Crippen LogP contribution < -0.4 is 27.7 Å². The molecule has 5 rings (SSSR count). The van der Waals surface area contributed by atoms with Gasteiger partial charge in [0.05, 0.1) is 16.6 Å². The SMILES string of the molecule is Cc1c(N2CC3CCCCC3C2CN)c(F)cc2c(=O)n(N)c(=O)n(C3CC3)c12. The summed E-state index contributed by atoms with van der Waals surface area (Å²) in [5.41, 5.74) is 6.61. The van der Waals surface area contributed by atoms with Gasteiger partial charge in [0.2, 0.25) is 0 Å². The summed E-state index contributed by atoms with van der Waals surface area (Å²) in [6, 6.07) is 1.36. The first-order chi connectivity index (χ1) is 13.9. The van der Waals surface area contributed by atoms with E-state index < -0.39 is 17.1 Å². The highest BCUT2D eigenvalue weighted by Gasteiger charge is 2.43. The maximum Gasteiger partial charge on any atom is 0.350 e. The molecular formula is C21H28FN5O2. The van der Waals surface area contributed by atoms with Crippen LogP contribution >= 0.6 is 0 Å². The van der Waals surface area contributed by atoms with Crippen molar-refractivity contribution >= 4 is 16.6 Å². The number of fused-ring (bicyclic) bond motifs is 2. The van der Waals surface area contributed by atoms with Gasteiger partial charge in [-0.1, -0.05) is 12.8 Å². The Hall–Kier alpha value is -2.35. The van der Waals surface area contributed by atoms with Gasteiger partial charge < -0.3 is 16.5 Å². The first-order valence-corrected chi connectivity index (χ1v) is 10.7. The van der Waals surface area contributed by atoms with Crippen molar-refractivity contribution in [1.82, 2.24) is 9.24 Å². The highest BCUT2D eigenvalue weighted by atomic mass is 19.1. The minimum absolute atomic E-state index is 0.0175. The number of nitrogens with two attached hydrogens (primary N) is 2. The minimum Gasteiger partial charge on any atom is -0.364 e. The van der Waals surface area contributed by atoms with Crippen molar-refractivity contribution in [3.05, 3.63) is 38.3 Å². The molecule has 0 bridgehead atoms. The third-order valence-corrected chi connectivity index (χ3v) is 7.30. The second-order valence-electron chi connectivity index (χ2n) is 8.95. The van der Waals surface area contributed by atoms with Crippen molar-refractivity contribution in [1.29, 1.82) is 0 Å². The Morgan fingerprint density at radius 3 is 2.59 bits per heavy atom. The van der Waals surface area contributed by atoms with Crippen LogP contribution in [-0.4, -0.2) is 28.4 Å². The van der Waals surface area contributed by atoms with Crippen molar-refractivity contribution in [3.63, 3.8) is 0 Å². The molecule has 3 atom stereocenters. The Labute approximate surface area is 168 Å². The summed E-state index contributed by atoms with van der Waals surface area (Å²) < 4.78 is 17.6. The number of anilines is 1. The van der Waals surface area contributed by atoms with Crippen LogP contribution in [0.5, 0.6) is 0 Å². The van der Waals surface area contributed by atoms with E-state index in [4.69, 9.17) is 11.6 Å². The Morgan fingerprint density at radius 2 is 1.90 bits per heavy atom. The molecule has 3 fully saturated rings. The molecule has 1 aromatic heterocycles. The van der Waals surface area contributed by atoms with Crippen molar-refractivity contribution in [3.8, 4) is 0 Å². The lowest BCUT2D eigenvalue weighted by Crippen LogP contribution is -2.45. The molecule has 1 aromatic carbocycles. The van der Waals surface area contributed by atoms with Crippen LogP contribution in [0.15, 0.2) is 15.7 Å². The Balaban J connectivity index is 1.75. The summed E-state index contributed by atoms with van der Waals surface area (Å²) in [6.07, 6.45) is 6.40. The number of nitrogen functional groups attached to an aromatic ring is 1. The van der Waals surface area contributed by atoms with Crippen molar-refractivity contribution in [2.24, 2.45) is 17.6 Å². The zero-order valence-corrected chi connectivity index (χ0v) is 16.7. The van der Waals surface area contributed by atoms with Gasteiger partial charge in [-0.05, 0) is 50.5 Å². The lowest BCUT2D eigenvalue weighted by atomic mass is 9.78. The molecule has 0 amide bonds. The average Bonchev–Trinajstić information content (AvgIpc) is 3.47. The number of hydrogen-bond donors (Lipinski definition) is 2. The van der Waals surface area contributed by atoms with E-state index in [0.717, 1.165) is 32.2 Å². The van der Waals surface area contributed by atoms with Gasteiger partial charge in [-0.15, -0.1) is 0 Å². The summed E-state index contributed by atoms with van der Waals surface area (Å²) in [7, 11) is 0. The fourth-order valence-electron chi connectivity index (χ4n) is 5.83. The lowest BCUT2D eigenvalue weighted by Gasteiger charge is -2.32. The minimum atomic E-state index is -0.652. The van der Waals surface area contributed by atoms with Crippen LogP contribution in [0.3, 0.4) is 0 Å². The lowest BCUT2D eigenvalue weighted by molar-refractivity contribution is 0.268. The molecule has 1 aliphatic heterocycles. The van der Waals surface area contributed by atoms with Gasteiger partial charge in [-0.2, -0.15) is 4.68 Å². The molecule has 1 saturated heterocycles. The second-order valence-corrected chi connectivity index (χ2v) is 8.95. The van der Waals surface area contributed by atoms with E-state index in [2.05, 4.69) is 4.90 Å². The van der Waals surface area contributed by atoms with Crippen molar-refractivity contribution < 1.29 is 4.39 Å². The predicted octanol–water partition coefficient (Wildman–Crippen LogP) is 1.61. The zero-order chi connectivity index (χ0) is 20.4. The smallest absolute Gasteiger partial charge is 0.350 e. The molecule has 156 valence electrons. The summed E-state index contributed by atoms with van der Waals surface area (Å²) in [4.78, 5) is 27.5. The molecule has 0 radical (unpaired) electrons. The summed E-state index contributed by atoms with van der Waals surface area (Å²) in [5.74, 6) is 6.28. The number of aromatic nitrogens is 2. The second kappa shape index (κ2) is 6.58. The Kier molecular flexibility index (Phi) is 4.24. The van der Waals surface area contributed by atoms with Crippen molar-refractivity contribution in [2.75, 3.05) is 23.8 Å². The van der Waals surface area contributed by atoms with Gasteiger partial charge in [-0.25, -0.2) is 9.18 Å². The Morgan fingerprint density at radius 1 is 1.17 bits per heavy atom. The van der Waals surface area contributed by atoms with E-state index in [-0.39, 0.29) is 17.5 Å². The number of halogens is 1. The standard InChI is InChI=1S/C21H28FN5O2/c1-11-18-15(20(28)27(24)21(29)26(18)13-6-7-13)8-16(22)19(11)25-10-12-4-2-3-5-14(12)17(25)9-23/h8,12-14,17H,2-7,9-10,23-24H2,1H3. The third kappa shape index (κ3) is 2.64. The van der Waals surface area contributed by atoms with Gasteiger partial charge in [0.25, 0.3) is 5.56 Å². The molecule has 4 N–H and O–H groups in total. The van der Waals surface area contributed by atoms with E-state index in [1.54, 1.807) is 4.57 Å². The summed E-state index contributed by atoms with van der Waals surface area (Å²) >= 11 is 0. The number of aryl methyl sites for hydroxylation is 1. The monoisotopic (exact) mass is 401 g/mol. The Bertz CT molecular complexity index is 1100. The molecule has 8 heteroatoms. The van der Waals surface area contributed by atoms with Crippen LogP contribution in [0.4, 0.5) is 10.1 Å². The molecule has 29 heavy (non-hydrogen) atoms. The van der Waals surface area contributed by atoms with E-state index in [9.17, 15) is 9.59 Å². The van der Waals surface area contributed by atoms with Crippen molar-refractivity contribution in [2.45, 2.75) is 57.5 Å². The van der Waals surface area contributed by atoms with Crippen LogP contribution in [0.2, 0.25) is 0 Å². The van der Waals surface area contributed by atoms with Crippen LogP contribution in [-0.2, 0) is 0 Å². The van der Waals surface area contributed by atoms with E-state index >= 15 is 4.39 Å². The van der Waals surface area contributed by atoms with Crippen LogP contribution in [0.25, 0.3) is 10.9 Å². The zero-order valence-electron chi connectivity index (χ0n) is 16.7. The number of benzene rings is 1. The predicted molar refractivity (Wildman–Crippen MR) is 111 cm³/mol. The van der Waals surface area contributed by atoms with Gasteiger partial charge in [-0.3, -0.25) is 9.36 Å². The van der Waals surface area contributed by atoms with Gasteiger partial charge in [0.15, 0.2) is 0 Å². The highest BCUT2D eigenvalue weighted by Crippen LogP contribution is 2.45. The maximum atomic E-state index is 15.4. The van der Waals surface area contributed by atoms with E-state index in [1.165, 1.54) is 18.9 Å². The molecule has 2 aliphatic carbocycles. The average molecular weight is 401 g/mol. The van der Waals surface area contributed by atoms with Gasteiger partial charge >= 0.3 is 5.69 Å². The topological polar surface area (TPSA) is 99.3 Å². The largest absolute Gasteiger partial charge is 0.364 e. The van der Waals surface area contributed by atoms with Crippen LogP contribution in [0.1, 0.15) is 50.1 Å². The number of nitrogens with zero attached hydrogens (tertiary/aromatic N) is 3. The normalized spacial score (nSPS) is 26.9. The maximum absolute atomic E-state index is 15.4. The fourth-order valence-corrected chi connectivity index (χ4v) is 5.83. The molecular weight excluding hydrogens is 373 g/mol. The fraction of sp³-hybridized carbons (Fsp3) is 0.619. The molecule has 3 unspecified atom stereocenters. The first-order valence-electron chi connectivity index (χ1n) is 10.7. The summed E-state index contributed by atoms with van der Waals surface area (Å²) in [5, 5.41) is 0.165. The van der Waals surface area contributed by atoms with E-state index in [1.807, 2.05) is 6.92 Å². The first kappa shape index (κ1) is 18.7. The third-order valence-electron chi connectivity index (χ3n) is 7.30.